The normalized spacial score (nSPS) is 16.0. The van der Waals surface area contributed by atoms with Crippen molar-refractivity contribution in [3.05, 3.63) is 75.7 Å². The van der Waals surface area contributed by atoms with Gasteiger partial charge in [0, 0.05) is 54.0 Å². The maximum Gasteiger partial charge on any atom is 0.253 e. The second kappa shape index (κ2) is 10.7. The average Bonchev–Trinajstić information content (AvgIpc) is 3.30. The molecule has 1 aliphatic rings. The van der Waals surface area contributed by atoms with Crippen molar-refractivity contribution in [2.75, 3.05) is 18.8 Å². The minimum absolute atomic E-state index is 0.0236. The number of pyridine rings is 1. The number of hydrogen-bond donors (Lipinski definition) is 2. The lowest BCUT2D eigenvalue weighted by molar-refractivity contribution is -0.119. The van der Waals surface area contributed by atoms with Crippen LogP contribution in [0.15, 0.2) is 48.7 Å². The summed E-state index contributed by atoms with van der Waals surface area (Å²) in [5.74, 6) is -0.343. The van der Waals surface area contributed by atoms with E-state index in [0.29, 0.717) is 29.8 Å². The molecule has 1 aliphatic heterocycles. The Morgan fingerprint density at radius 3 is 2.61 bits per heavy atom. The number of ether oxygens (including phenoxy) is 1. The van der Waals surface area contributed by atoms with Gasteiger partial charge >= 0.3 is 0 Å². The summed E-state index contributed by atoms with van der Waals surface area (Å²) in [6, 6.07) is 11.4. The molecular weight excluding hydrogens is 506 g/mol. The van der Waals surface area contributed by atoms with Crippen molar-refractivity contribution < 1.29 is 18.7 Å². The first-order valence-corrected chi connectivity index (χ1v) is 12.1. The zero-order valence-corrected chi connectivity index (χ0v) is 21.2. The number of rotatable bonds is 6. The largest absolute Gasteiger partial charge is 0.482 e. The van der Waals surface area contributed by atoms with E-state index in [9.17, 15) is 14.0 Å². The van der Waals surface area contributed by atoms with Gasteiger partial charge in [0.25, 0.3) is 5.91 Å². The van der Waals surface area contributed by atoms with Crippen molar-refractivity contribution in [2.24, 2.45) is 0 Å². The maximum atomic E-state index is 14.0. The molecule has 7 nitrogen and oxygen atoms in total. The van der Waals surface area contributed by atoms with Gasteiger partial charge in [-0.25, -0.2) is 9.37 Å². The highest BCUT2D eigenvalue weighted by atomic mass is 35.5. The van der Waals surface area contributed by atoms with E-state index < -0.39 is 11.9 Å². The van der Waals surface area contributed by atoms with Gasteiger partial charge < -0.3 is 20.7 Å². The maximum absolute atomic E-state index is 14.0. The van der Waals surface area contributed by atoms with Crippen LogP contribution in [-0.2, 0) is 4.79 Å². The first-order valence-electron chi connectivity index (χ1n) is 11.4. The summed E-state index contributed by atoms with van der Waals surface area (Å²) in [5.41, 5.74) is 8.40. The number of amides is 2. The van der Waals surface area contributed by atoms with Crippen molar-refractivity contribution in [3.63, 3.8) is 0 Å². The number of aromatic nitrogens is 1. The lowest BCUT2D eigenvalue weighted by Crippen LogP contribution is -2.37. The molecule has 2 atom stereocenters. The molecule has 1 saturated heterocycles. The van der Waals surface area contributed by atoms with Gasteiger partial charge in [-0.15, -0.1) is 0 Å². The van der Waals surface area contributed by atoms with Crippen LogP contribution in [0.1, 0.15) is 42.3 Å². The summed E-state index contributed by atoms with van der Waals surface area (Å²) >= 11 is 12.3. The Morgan fingerprint density at radius 2 is 1.92 bits per heavy atom. The average molecular weight is 531 g/mol. The van der Waals surface area contributed by atoms with Crippen LogP contribution in [0.25, 0.3) is 11.1 Å². The number of likely N-dealkylation sites (tertiary alicyclic amines) is 1. The summed E-state index contributed by atoms with van der Waals surface area (Å²) in [7, 11) is 0. The highest BCUT2D eigenvalue weighted by Gasteiger charge is 2.27. The van der Waals surface area contributed by atoms with Gasteiger partial charge in [0.2, 0.25) is 5.91 Å². The molecule has 0 aliphatic carbocycles. The summed E-state index contributed by atoms with van der Waals surface area (Å²) < 4.78 is 19.9. The van der Waals surface area contributed by atoms with Gasteiger partial charge in [0.1, 0.15) is 11.9 Å². The predicted molar refractivity (Wildman–Crippen MR) is 138 cm³/mol. The third-order valence-corrected chi connectivity index (χ3v) is 6.73. The fraction of sp³-hybridized carbons (Fsp3) is 0.269. The minimum atomic E-state index is -0.693. The first-order chi connectivity index (χ1) is 17.1. The van der Waals surface area contributed by atoms with E-state index >= 15 is 0 Å². The molecule has 36 heavy (non-hydrogen) atoms. The summed E-state index contributed by atoms with van der Waals surface area (Å²) in [5, 5.41) is 3.02. The lowest BCUT2D eigenvalue weighted by Gasteiger charge is -2.19. The zero-order chi connectivity index (χ0) is 26.0. The molecule has 10 heteroatoms. The molecule has 0 saturated carbocycles. The quantitative estimate of drug-likeness (QED) is 0.423. The highest BCUT2D eigenvalue weighted by molar-refractivity contribution is 6.36. The Kier molecular flexibility index (Phi) is 7.66. The molecule has 0 spiro atoms. The van der Waals surface area contributed by atoms with Gasteiger partial charge in [-0.05, 0) is 49.2 Å². The van der Waals surface area contributed by atoms with Crippen LogP contribution in [0, 0.1) is 5.82 Å². The molecule has 1 fully saturated rings. The van der Waals surface area contributed by atoms with Gasteiger partial charge in [0.15, 0.2) is 11.6 Å². The van der Waals surface area contributed by atoms with Gasteiger partial charge in [-0.3, -0.25) is 9.59 Å². The fourth-order valence-corrected chi connectivity index (χ4v) is 4.89. The summed E-state index contributed by atoms with van der Waals surface area (Å²) in [6.07, 6.45) is 1.64. The standard InChI is InChI=1S/C26H25Cl2FN4O3/c1-14(23-20(27)7-8-21(29)24(23)28)36-22-11-18(12-31-25(22)30)16-3-5-17(6-4-16)26(35)33-10-9-19(13-33)32-15(2)34/h3-8,11-12,14,19H,9-10,13H2,1-2H3,(H2,30,31)(H,32,34)/t14?,19-/m1/s1. The first kappa shape index (κ1) is 25.7. The number of nitrogen functional groups attached to an aromatic ring is 1. The molecule has 0 bridgehead atoms. The van der Waals surface area contributed by atoms with Crippen molar-refractivity contribution in [1.29, 1.82) is 0 Å². The van der Waals surface area contributed by atoms with Crippen LogP contribution >= 0.6 is 23.2 Å². The van der Waals surface area contributed by atoms with Crippen molar-refractivity contribution in [1.82, 2.24) is 15.2 Å². The third-order valence-electron chi connectivity index (χ3n) is 6.02. The van der Waals surface area contributed by atoms with Crippen LogP contribution in [0.4, 0.5) is 10.2 Å². The fourth-order valence-electron chi connectivity index (χ4n) is 4.21. The Morgan fingerprint density at radius 1 is 1.19 bits per heavy atom. The molecule has 3 aromatic rings. The number of anilines is 1. The minimum Gasteiger partial charge on any atom is -0.482 e. The second-order valence-electron chi connectivity index (χ2n) is 8.64. The van der Waals surface area contributed by atoms with Gasteiger partial charge in [-0.2, -0.15) is 0 Å². The lowest BCUT2D eigenvalue weighted by atomic mass is 10.0. The molecule has 188 valence electrons. The number of hydrogen-bond acceptors (Lipinski definition) is 5. The van der Waals surface area contributed by atoms with Gasteiger partial charge in [0.05, 0.1) is 5.02 Å². The van der Waals surface area contributed by atoms with E-state index in [2.05, 4.69) is 10.3 Å². The molecule has 2 heterocycles. The molecule has 3 N–H and O–H groups in total. The molecule has 2 amide bonds. The van der Waals surface area contributed by atoms with E-state index in [-0.39, 0.29) is 39.5 Å². The topological polar surface area (TPSA) is 97.6 Å². The van der Waals surface area contributed by atoms with E-state index in [1.54, 1.807) is 36.2 Å². The number of nitrogens with one attached hydrogen (secondary N) is 1. The van der Waals surface area contributed by atoms with E-state index in [1.807, 2.05) is 12.1 Å². The van der Waals surface area contributed by atoms with Crippen LogP contribution < -0.4 is 15.8 Å². The van der Waals surface area contributed by atoms with E-state index in [1.165, 1.54) is 19.1 Å². The highest BCUT2D eigenvalue weighted by Crippen LogP contribution is 2.37. The summed E-state index contributed by atoms with van der Waals surface area (Å²) in [6.45, 7) is 4.23. The number of halogens is 3. The van der Waals surface area contributed by atoms with Crippen LogP contribution in [0.3, 0.4) is 0 Å². The molecular formula is C26H25Cl2FN4O3. The van der Waals surface area contributed by atoms with Crippen molar-refractivity contribution >= 4 is 40.8 Å². The number of benzene rings is 2. The number of nitrogens with zero attached hydrogens (tertiary/aromatic N) is 2. The number of carbonyl (C=O) groups excluding carboxylic acids is 2. The predicted octanol–water partition coefficient (Wildman–Crippen LogP) is 5.27. The Balaban J connectivity index is 1.50. The number of nitrogens with two attached hydrogens (primary N) is 1. The Hall–Kier alpha value is -3.36. The van der Waals surface area contributed by atoms with E-state index in [0.717, 1.165) is 12.0 Å². The van der Waals surface area contributed by atoms with Gasteiger partial charge in [-0.1, -0.05) is 35.3 Å². The smallest absolute Gasteiger partial charge is 0.253 e. The SMILES string of the molecule is CC(=O)N[C@@H]1CCN(C(=O)c2ccc(-c3cnc(N)c(OC(C)c4c(Cl)ccc(F)c4Cl)c3)cc2)C1. The monoisotopic (exact) mass is 530 g/mol. The molecule has 1 aromatic heterocycles. The molecule has 0 radical (unpaired) electrons. The number of carbonyl (C=O) groups is 2. The van der Waals surface area contributed by atoms with Crippen LogP contribution in [0.2, 0.25) is 10.0 Å². The third kappa shape index (κ3) is 5.55. The summed E-state index contributed by atoms with van der Waals surface area (Å²) in [4.78, 5) is 30.1. The van der Waals surface area contributed by atoms with E-state index in [4.69, 9.17) is 33.7 Å². The Labute approximate surface area is 218 Å². The molecule has 2 aromatic carbocycles. The Bertz CT molecular complexity index is 1300. The molecule has 1 unspecified atom stereocenters. The zero-order valence-electron chi connectivity index (χ0n) is 19.7. The second-order valence-corrected chi connectivity index (χ2v) is 9.42. The van der Waals surface area contributed by atoms with Crippen molar-refractivity contribution in [3.8, 4) is 16.9 Å². The van der Waals surface area contributed by atoms with Crippen LogP contribution in [0.5, 0.6) is 5.75 Å². The van der Waals surface area contributed by atoms with Crippen molar-refractivity contribution in [2.45, 2.75) is 32.4 Å². The molecule has 4 rings (SSSR count). The van der Waals surface area contributed by atoms with Crippen LogP contribution in [-0.4, -0.2) is 40.8 Å².